The molecule has 1 amide bonds. The molecule has 1 atom stereocenters. The lowest BCUT2D eigenvalue weighted by Crippen LogP contribution is -2.16. The molecule has 0 aliphatic rings. The summed E-state index contributed by atoms with van der Waals surface area (Å²) >= 11 is 8.10. The fraction of sp³-hybridized carbons (Fsp3) is 0.353. The van der Waals surface area contributed by atoms with Crippen LogP contribution >= 0.6 is 22.9 Å². The first-order chi connectivity index (χ1) is 10.0. The molecular formula is C17H20ClNOS. The number of hydrogen-bond acceptors (Lipinski definition) is 2. The predicted molar refractivity (Wildman–Crippen MR) is 90.5 cm³/mol. The molecule has 2 rings (SSSR count). The highest BCUT2D eigenvalue weighted by atomic mass is 35.5. The van der Waals surface area contributed by atoms with Crippen LogP contribution in [-0.4, -0.2) is 13.0 Å². The van der Waals surface area contributed by atoms with Gasteiger partial charge in [0.05, 0.1) is 0 Å². The average Bonchev–Trinajstić information content (AvgIpc) is 2.77. The fourth-order valence-corrected chi connectivity index (χ4v) is 3.79. The lowest BCUT2D eigenvalue weighted by Gasteiger charge is -2.18. The zero-order valence-corrected chi connectivity index (χ0v) is 14.1. The van der Waals surface area contributed by atoms with E-state index in [0.717, 1.165) is 23.4 Å². The van der Waals surface area contributed by atoms with Crippen molar-refractivity contribution in [2.45, 2.75) is 33.1 Å². The van der Waals surface area contributed by atoms with Gasteiger partial charge in [-0.3, -0.25) is 4.79 Å². The molecule has 1 unspecified atom stereocenters. The maximum Gasteiger partial charge on any atom is 0.207 e. The summed E-state index contributed by atoms with van der Waals surface area (Å²) in [5, 5.41) is 3.56. The maximum absolute atomic E-state index is 10.5. The van der Waals surface area contributed by atoms with Crippen molar-refractivity contribution in [1.29, 1.82) is 0 Å². The van der Waals surface area contributed by atoms with Crippen LogP contribution in [0.25, 0.3) is 0 Å². The van der Waals surface area contributed by atoms with Crippen molar-refractivity contribution < 1.29 is 4.79 Å². The molecule has 1 N–H and O–H groups in total. The Bertz CT molecular complexity index is 636. The minimum Gasteiger partial charge on any atom is -0.359 e. The predicted octanol–water partition coefficient (Wildman–Crippen LogP) is 4.59. The van der Waals surface area contributed by atoms with E-state index in [1.54, 1.807) is 0 Å². The topological polar surface area (TPSA) is 29.1 Å². The summed E-state index contributed by atoms with van der Waals surface area (Å²) in [7, 11) is 0. The van der Waals surface area contributed by atoms with Crippen LogP contribution < -0.4 is 5.32 Å². The third-order valence-corrected chi connectivity index (χ3v) is 5.10. The van der Waals surface area contributed by atoms with Gasteiger partial charge in [-0.1, -0.05) is 23.7 Å². The second kappa shape index (κ2) is 7.10. The van der Waals surface area contributed by atoms with Gasteiger partial charge in [0.25, 0.3) is 0 Å². The molecule has 0 radical (unpaired) electrons. The molecule has 4 heteroatoms. The van der Waals surface area contributed by atoms with Crippen LogP contribution in [0.15, 0.2) is 24.3 Å². The van der Waals surface area contributed by atoms with E-state index in [9.17, 15) is 4.79 Å². The monoisotopic (exact) mass is 321 g/mol. The van der Waals surface area contributed by atoms with Crippen molar-refractivity contribution in [3.63, 3.8) is 0 Å². The largest absolute Gasteiger partial charge is 0.359 e. The van der Waals surface area contributed by atoms with Gasteiger partial charge < -0.3 is 5.32 Å². The molecule has 1 heterocycles. The Morgan fingerprint density at radius 2 is 2.05 bits per heavy atom. The molecule has 2 aromatic rings. The maximum atomic E-state index is 10.5. The minimum atomic E-state index is 0.264. The normalized spacial score (nSPS) is 12.2. The SMILES string of the molecule is Cc1cc(C(CCNC=O)c2ccc(C)c(Cl)c2)c(C)s1. The molecule has 0 spiro atoms. The average molecular weight is 322 g/mol. The molecule has 2 nitrogen and oxygen atoms in total. The second-order valence-electron chi connectivity index (χ2n) is 5.29. The van der Waals surface area contributed by atoms with E-state index < -0.39 is 0 Å². The summed E-state index contributed by atoms with van der Waals surface area (Å²) in [4.78, 5) is 13.1. The van der Waals surface area contributed by atoms with Crippen LogP contribution in [-0.2, 0) is 4.79 Å². The molecule has 0 aliphatic heterocycles. The van der Waals surface area contributed by atoms with Crippen LogP contribution in [0, 0.1) is 20.8 Å². The van der Waals surface area contributed by atoms with Crippen molar-refractivity contribution in [2.24, 2.45) is 0 Å². The van der Waals surface area contributed by atoms with Crippen molar-refractivity contribution in [1.82, 2.24) is 5.32 Å². The second-order valence-corrected chi connectivity index (χ2v) is 7.16. The summed E-state index contributed by atoms with van der Waals surface area (Å²) in [5.41, 5.74) is 3.63. The fourth-order valence-electron chi connectivity index (χ4n) is 2.61. The zero-order chi connectivity index (χ0) is 15.4. The third kappa shape index (κ3) is 3.86. The Morgan fingerprint density at radius 3 is 2.62 bits per heavy atom. The lowest BCUT2D eigenvalue weighted by molar-refractivity contribution is -0.109. The van der Waals surface area contributed by atoms with E-state index in [2.05, 4.69) is 43.4 Å². The van der Waals surface area contributed by atoms with E-state index in [4.69, 9.17) is 11.6 Å². The Morgan fingerprint density at radius 1 is 1.29 bits per heavy atom. The van der Waals surface area contributed by atoms with E-state index in [0.29, 0.717) is 6.54 Å². The van der Waals surface area contributed by atoms with Crippen LogP contribution in [0.5, 0.6) is 0 Å². The summed E-state index contributed by atoms with van der Waals surface area (Å²) in [5.74, 6) is 0.264. The number of nitrogens with one attached hydrogen (secondary N) is 1. The van der Waals surface area contributed by atoms with Crippen molar-refractivity contribution in [3.05, 3.63) is 55.7 Å². The lowest BCUT2D eigenvalue weighted by atomic mass is 9.88. The van der Waals surface area contributed by atoms with Gasteiger partial charge in [0, 0.05) is 27.2 Å². The van der Waals surface area contributed by atoms with Gasteiger partial charge in [-0.05, 0) is 56.0 Å². The molecule has 0 saturated carbocycles. The summed E-state index contributed by atoms with van der Waals surface area (Å²) in [6, 6.07) is 8.50. The molecule has 21 heavy (non-hydrogen) atoms. The standard InChI is InChI=1S/C17H20ClNOS/c1-11-4-5-14(9-17(11)18)15(6-7-19-10-20)16-8-12(2)21-13(16)3/h4-5,8-10,15H,6-7H2,1-3H3,(H,19,20). The van der Waals surface area contributed by atoms with Gasteiger partial charge in [0.1, 0.15) is 0 Å². The highest BCUT2D eigenvalue weighted by Gasteiger charge is 2.18. The summed E-state index contributed by atoms with van der Waals surface area (Å²) < 4.78 is 0. The van der Waals surface area contributed by atoms with Gasteiger partial charge in [-0.15, -0.1) is 11.3 Å². The molecular weight excluding hydrogens is 302 g/mol. The number of carbonyl (C=O) groups is 1. The Labute approximate surface area is 135 Å². The van der Waals surface area contributed by atoms with Gasteiger partial charge >= 0.3 is 0 Å². The molecule has 0 bridgehead atoms. The Balaban J connectivity index is 2.37. The smallest absolute Gasteiger partial charge is 0.207 e. The Kier molecular flexibility index (Phi) is 5.43. The summed E-state index contributed by atoms with van der Waals surface area (Å²) in [6.45, 7) is 6.95. The highest BCUT2D eigenvalue weighted by Crippen LogP contribution is 2.35. The number of carbonyl (C=O) groups excluding carboxylic acids is 1. The first-order valence-electron chi connectivity index (χ1n) is 7.03. The molecule has 0 fully saturated rings. The van der Waals surface area contributed by atoms with E-state index >= 15 is 0 Å². The number of hydrogen-bond donors (Lipinski definition) is 1. The van der Waals surface area contributed by atoms with Crippen molar-refractivity contribution in [3.8, 4) is 0 Å². The van der Waals surface area contributed by atoms with Gasteiger partial charge in [0.15, 0.2) is 0 Å². The van der Waals surface area contributed by atoms with Crippen LogP contribution in [0.1, 0.15) is 38.8 Å². The molecule has 112 valence electrons. The quantitative estimate of drug-likeness (QED) is 0.611. The zero-order valence-electron chi connectivity index (χ0n) is 12.6. The van der Waals surface area contributed by atoms with Crippen molar-refractivity contribution in [2.75, 3.05) is 6.54 Å². The number of halogens is 1. The summed E-state index contributed by atoms with van der Waals surface area (Å²) in [6.07, 6.45) is 1.63. The first-order valence-corrected chi connectivity index (χ1v) is 8.22. The molecule has 0 aliphatic carbocycles. The van der Waals surface area contributed by atoms with Gasteiger partial charge in [0.2, 0.25) is 6.41 Å². The molecule has 1 aromatic heterocycles. The Hall–Kier alpha value is -1.32. The van der Waals surface area contributed by atoms with Gasteiger partial charge in [-0.25, -0.2) is 0 Å². The number of aryl methyl sites for hydroxylation is 3. The van der Waals surface area contributed by atoms with Gasteiger partial charge in [-0.2, -0.15) is 0 Å². The number of thiophene rings is 1. The number of benzene rings is 1. The van der Waals surface area contributed by atoms with Crippen molar-refractivity contribution >= 4 is 29.3 Å². The van der Waals surface area contributed by atoms with E-state index in [1.165, 1.54) is 20.9 Å². The number of amides is 1. The minimum absolute atomic E-state index is 0.264. The van der Waals surface area contributed by atoms with Crippen LogP contribution in [0.2, 0.25) is 5.02 Å². The van der Waals surface area contributed by atoms with Crippen LogP contribution in [0.4, 0.5) is 0 Å². The van der Waals surface area contributed by atoms with E-state index in [1.807, 2.05) is 18.3 Å². The van der Waals surface area contributed by atoms with E-state index in [-0.39, 0.29) is 5.92 Å². The molecule has 0 saturated heterocycles. The number of rotatable bonds is 6. The highest BCUT2D eigenvalue weighted by molar-refractivity contribution is 7.12. The first kappa shape index (κ1) is 16.1. The third-order valence-electron chi connectivity index (χ3n) is 3.71. The van der Waals surface area contributed by atoms with Crippen LogP contribution in [0.3, 0.4) is 0 Å². The molecule has 1 aromatic carbocycles.